The molecule has 0 saturated heterocycles. The van der Waals surface area contributed by atoms with Crippen LogP contribution in [0.15, 0.2) is 0 Å². The Kier molecular flexibility index (Phi) is 865. The van der Waals surface area contributed by atoms with Gasteiger partial charge in [0.15, 0.2) is 0 Å². The largest absolute Gasteiger partial charge is 2.00 e. The quantitative estimate of drug-likeness (QED) is 0.212. The molecule has 0 amide bonds. The molecular weight excluding hydrogens is 1840 g/mol. The molecule has 0 saturated carbocycles. The molecular formula is H9CdCuInSe18Te. The van der Waals surface area contributed by atoms with Crippen molar-refractivity contribution in [2.75, 3.05) is 0 Å². The Morgan fingerprint density at radius 2 is 0.318 bits per heavy atom. The van der Waals surface area contributed by atoms with E-state index in [9.17, 15) is 0 Å². The second-order valence-electron chi connectivity index (χ2n) is 0. The van der Waals surface area contributed by atoms with Crippen LogP contribution in [0.5, 0.6) is 0 Å². The summed E-state index contributed by atoms with van der Waals surface area (Å²) in [5.41, 5.74) is 0. The molecule has 0 aliphatic rings. The van der Waals surface area contributed by atoms with Crippen LogP contribution >= 0.6 is 0 Å². The van der Waals surface area contributed by atoms with Gasteiger partial charge in [0.25, 0.3) is 0 Å². The Bertz CT molecular complexity index is 51.6. The van der Waals surface area contributed by atoms with Gasteiger partial charge in [0, 0.05) is 0 Å². The summed E-state index contributed by atoms with van der Waals surface area (Å²) in [4.78, 5) is 0. The Labute approximate surface area is 329 Å². The molecule has 0 aromatic rings. The summed E-state index contributed by atoms with van der Waals surface area (Å²) >= 11 is 42.8. The molecule has 22 heteroatoms. The molecule has 0 aliphatic carbocycles. The van der Waals surface area contributed by atoms with Crippen molar-refractivity contribution in [1.29, 1.82) is 0 Å². The van der Waals surface area contributed by atoms with E-state index >= 15 is 0 Å². The first-order valence-electron chi connectivity index (χ1n) is 1.64. The molecule has 0 aromatic heterocycles. The molecule has 0 fully saturated rings. The van der Waals surface area contributed by atoms with E-state index in [0.717, 1.165) is 0 Å². The zero-order valence-electron chi connectivity index (χ0n) is 9.69. The van der Waals surface area contributed by atoms with Crippen LogP contribution in [0.1, 0.15) is 0 Å². The predicted molar refractivity (Wildman–Crippen MR) is 128 cm³/mol. The zero-order chi connectivity index (χ0) is 18.0. The van der Waals surface area contributed by atoms with Crippen molar-refractivity contribution >= 4 is 295 Å². The van der Waals surface area contributed by atoms with Gasteiger partial charge >= 0.3 is 340 Å². The summed E-state index contributed by atoms with van der Waals surface area (Å²) in [6.07, 6.45) is 0. The zero-order valence-corrected chi connectivity index (χ0v) is 52.6. The van der Waals surface area contributed by atoms with Gasteiger partial charge in [0.1, 0.15) is 0 Å². The van der Waals surface area contributed by atoms with Crippen LogP contribution < -0.4 is 0 Å². The van der Waals surface area contributed by atoms with Gasteiger partial charge in [0.05, 0.1) is 0 Å². The topological polar surface area (TPSA) is 0 Å². The minimum absolute atomic E-state index is 0. The molecule has 0 N–H and O–H groups in total. The molecule has 0 rings (SSSR count). The van der Waals surface area contributed by atoms with Crippen molar-refractivity contribution in [3.8, 4) is 0 Å². The molecule has 5 radical (unpaired) electrons. The summed E-state index contributed by atoms with van der Waals surface area (Å²) in [7, 11) is 0. The van der Waals surface area contributed by atoms with Gasteiger partial charge in [-0.1, -0.05) is 0 Å². The monoisotopic (exact) mass is 1870 g/mol. The predicted octanol–water partition coefficient (Wildman–Crippen LogP) is -10.0. The Hall–Kier alpha value is 12.5. The number of hydrogen-bond acceptors (Lipinski definition) is 0. The summed E-state index contributed by atoms with van der Waals surface area (Å²) in [6.45, 7) is 0. The fourth-order valence-electron chi connectivity index (χ4n) is 0. The molecule has 0 bridgehead atoms. The van der Waals surface area contributed by atoms with E-state index in [4.69, 9.17) is 0 Å². The van der Waals surface area contributed by atoms with Gasteiger partial charge in [-0.25, -0.2) is 0 Å². The van der Waals surface area contributed by atoms with Crippen LogP contribution in [0.25, 0.3) is 0 Å². The maximum Gasteiger partial charge on any atom is 2.00 e. The summed E-state index contributed by atoms with van der Waals surface area (Å²) in [6, 6.07) is 0. The normalized spacial score (nSPS) is 2.05. The van der Waals surface area contributed by atoms with E-state index < -0.39 is 0 Å². The number of rotatable bonds is 0. The minimum Gasteiger partial charge on any atom is 2.00 e. The van der Waals surface area contributed by atoms with E-state index in [2.05, 4.69) is 246 Å². The average molecular weight is 1850 g/mol. The first-order valence-corrected chi connectivity index (χ1v) is 44.4. The van der Waals surface area contributed by atoms with Crippen LogP contribution in [-0.2, 0) is 44.4 Å². The Morgan fingerprint density at radius 1 is 0.318 bits per heavy atom. The molecule has 0 spiro atoms. The van der Waals surface area contributed by atoms with Crippen molar-refractivity contribution in [3.05, 3.63) is 0 Å². The summed E-state index contributed by atoms with van der Waals surface area (Å²) in [5.74, 6) is 0. The number of hydrogen-bond donors (Lipinski definition) is 0. The molecule has 0 nitrogen and oxygen atoms in total. The van der Waals surface area contributed by atoms with E-state index in [1.54, 1.807) is 0 Å². The second kappa shape index (κ2) is 227. The fourth-order valence-corrected chi connectivity index (χ4v) is 0. The molecule has 0 unspecified atom stereocenters. The van der Waals surface area contributed by atoms with E-state index in [-0.39, 0.29) is 93.9 Å². The van der Waals surface area contributed by atoms with Gasteiger partial charge in [-0.2, -0.15) is 0 Å². The third-order valence-electron chi connectivity index (χ3n) is 0. The maximum atomic E-state index is 2.56. The molecule has 0 heterocycles. The minimum atomic E-state index is 0. The standard InChI is InChI=1S/Cd.Cu.In.9HSe2.Te/c;;;9*1-2;/h;;;9*1H;/q2*+2;+3;9*-1;+2. The Balaban J connectivity index is -0.00000000368. The van der Waals surface area contributed by atoms with Gasteiger partial charge in [-0.05, 0) is 0 Å². The van der Waals surface area contributed by atoms with Crippen molar-refractivity contribution in [2.45, 2.75) is 0 Å². The SMILES string of the molecule is [Cd+2].[Cu+2].[In+3].[Se]=[SeH-].[Se]=[SeH-].[Se]=[SeH-].[Se]=[SeH-].[Se]=[SeH-].[Se]=[SeH-].[Se]=[SeH-].[Se]=[SeH-].[Se]=[SeH-].[Te+2]. The third kappa shape index (κ3) is 207. The summed E-state index contributed by atoms with van der Waals surface area (Å²) < 4.78 is 0. The maximum absolute atomic E-state index is 2.56. The molecule has 139 valence electrons. The fraction of sp³-hybridized carbons (Fsp3) is 0. The van der Waals surface area contributed by atoms with Crippen molar-refractivity contribution in [3.63, 3.8) is 0 Å². The van der Waals surface area contributed by atoms with Crippen LogP contribution in [0.3, 0.4) is 0 Å². The van der Waals surface area contributed by atoms with Crippen LogP contribution in [0.4, 0.5) is 0 Å². The molecule has 0 atom stereocenters. The Morgan fingerprint density at radius 3 is 0.318 bits per heavy atom. The van der Waals surface area contributed by atoms with Gasteiger partial charge in [-0.3, -0.25) is 0 Å². The van der Waals surface area contributed by atoms with Gasteiger partial charge in [-0.15, -0.1) is 0 Å². The molecule has 22 heavy (non-hydrogen) atoms. The first-order chi connectivity index (χ1) is 9.00. The average Bonchev–Trinajstić information content (AvgIpc) is 2.63. The van der Waals surface area contributed by atoms with E-state index in [1.165, 1.54) is 0 Å². The molecule has 0 aromatic carbocycles. The summed E-state index contributed by atoms with van der Waals surface area (Å²) in [5, 5.41) is 0. The van der Waals surface area contributed by atoms with Crippen molar-refractivity contribution in [1.82, 2.24) is 0 Å². The van der Waals surface area contributed by atoms with E-state index in [1.807, 2.05) is 0 Å². The first kappa shape index (κ1) is 83.8. The van der Waals surface area contributed by atoms with Gasteiger partial charge in [0.2, 0.25) is 0 Å². The third-order valence-corrected chi connectivity index (χ3v) is 0. The van der Waals surface area contributed by atoms with Crippen LogP contribution in [0, 0.1) is 0 Å². The van der Waals surface area contributed by atoms with Crippen LogP contribution in [0.2, 0.25) is 0 Å². The van der Waals surface area contributed by atoms with Crippen molar-refractivity contribution < 1.29 is 44.4 Å². The van der Waals surface area contributed by atoms with Crippen molar-refractivity contribution in [2.24, 2.45) is 0 Å². The smallest absolute Gasteiger partial charge is 2.00 e. The molecule has 0 aliphatic heterocycles. The van der Waals surface area contributed by atoms with Gasteiger partial charge < -0.3 is 0 Å². The van der Waals surface area contributed by atoms with Crippen LogP contribution in [-0.4, -0.2) is 295 Å². The second-order valence-corrected chi connectivity index (χ2v) is 0. The van der Waals surface area contributed by atoms with E-state index in [0.29, 0.717) is 0 Å².